The molecule has 0 spiro atoms. The number of rotatable bonds is 6. The molecule has 0 aromatic heterocycles. The lowest BCUT2D eigenvalue weighted by Crippen LogP contribution is -2.55. The fourth-order valence-corrected chi connectivity index (χ4v) is 4.04. The van der Waals surface area contributed by atoms with E-state index < -0.39 is 0 Å². The summed E-state index contributed by atoms with van der Waals surface area (Å²) >= 11 is 0. The Morgan fingerprint density at radius 3 is 2.60 bits per heavy atom. The molecule has 1 unspecified atom stereocenters. The summed E-state index contributed by atoms with van der Waals surface area (Å²) in [5.41, 5.74) is 2.53. The number of halogens is 1. The number of nitrogens with zero attached hydrogens (tertiary/aromatic N) is 4. The zero-order valence-electron chi connectivity index (χ0n) is 18.5. The van der Waals surface area contributed by atoms with E-state index in [0.29, 0.717) is 6.61 Å². The molecular weight excluding hydrogens is 493 g/mol. The van der Waals surface area contributed by atoms with Crippen LogP contribution in [0, 0.1) is 6.92 Å². The van der Waals surface area contributed by atoms with Gasteiger partial charge in [0.25, 0.3) is 5.91 Å². The molecule has 2 heterocycles. The van der Waals surface area contributed by atoms with Crippen molar-refractivity contribution >= 4 is 41.5 Å². The number of anilines is 1. The Balaban J connectivity index is 0.00000320. The standard InChI is InChI=1S/C22H35N5O2.HI/c1-4-25(19-8-5-7-18(2)17-19)11-10-24-22(23-3)27-14-12-26(13-15-27)21(28)20-9-6-16-29-20;/h5,7-8,17,20H,4,6,9-16H2,1-3H3,(H,23,24);1H. The van der Waals surface area contributed by atoms with Crippen LogP contribution in [0.25, 0.3) is 0 Å². The Morgan fingerprint density at radius 2 is 2.00 bits per heavy atom. The average molecular weight is 529 g/mol. The summed E-state index contributed by atoms with van der Waals surface area (Å²) in [7, 11) is 1.82. The van der Waals surface area contributed by atoms with Crippen molar-refractivity contribution in [2.45, 2.75) is 32.8 Å². The normalized spacial score (nSPS) is 19.4. The van der Waals surface area contributed by atoms with Crippen molar-refractivity contribution in [1.29, 1.82) is 0 Å². The molecule has 1 N–H and O–H groups in total. The highest BCUT2D eigenvalue weighted by molar-refractivity contribution is 14.0. The van der Waals surface area contributed by atoms with Gasteiger partial charge in [-0.05, 0) is 44.4 Å². The van der Waals surface area contributed by atoms with Crippen LogP contribution in [0.15, 0.2) is 29.3 Å². The highest BCUT2D eigenvalue weighted by atomic mass is 127. The number of nitrogens with one attached hydrogen (secondary N) is 1. The lowest BCUT2D eigenvalue weighted by Gasteiger charge is -2.37. The first-order chi connectivity index (χ1) is 14.1. The number of carbonyl (C=O) groups excluding carboxylic acids is 1. The molecule has 0 aliphatic carbocycles. The van der Waals surface area contributed by atoms with E-state index in [-0.39, 0.29) is 36.0 Å². The molecular formula is C22H36IN5O2. The van der Waals surface area contributed by atoms with Crippen LogP contribution in [0.4, 0.5) is 5.69 Å². The topological polar surface area (TPSA) is 60.4 Å². The highest BCUT2D eigenvalue weighted by Gasteiger charge is 2.30. The quantitative estimate of drug-likeness (QED) is 0.349. The zero-order valence-corrected chi connectivity index (χ0v) is 20.8. The maximum Gasteiger partial charge on any atom is 0.251 e. The molecule has 1 atom stereocenters. The highest BCUT2D eigenvalue weighted by Crippen LogP contribution is 2.16. The van der Waals surface area contributed by atoms with Crippen LogP contribution >= 0.6 is 24.0 Å². The number of amides is 1. The summed E-state index contributed by atoms with van der Waals surface area (Å²) in [6, 6.07) is 8.62. The number of hydrogen-bond donors (Lipinski definition) is 1. The minimum atomic E-state index is -0.222. The minimum Gasteiger partial charge on any atom is -0.370 e. The smallest absolute Gasteiger partial charge is 0.251 e. The molecule has 2 aliphatic rings. The third-order valence-corrected chi connectivity index (χ3v) is 5.72. The van der Waals surface area contributed by atoms with Gasteiger partial charge in [-0.25, -0.2) is 0 Å². The second-order valence-corrected chi connectivity index (χ2v) is 7.71. The van der Waals surface area contributed by atoms with Gasteiger partial charge in [0.15, 0.2) is 5.96 Å². The second-order valence-electron chi connectivity index (χ2n) is 7.71. The molecule has 1 aromatic rings. The summed E-state index contributed by atoms with van der Waals surface area (Å²) < 4.78 is 5.55. The summed E-state index contributed by atoms with van der Waals surface area (Å²) in [5.74, 6) is 1.07. The van der Waals surface area contributed by atoms with Gasteiger partial charge >= 0.3 is 0 Å². The van der Waals surface area contributed by atoms with Crippen molar-refractivity contribution in [3.8, 4) is 0 Å². The van der Waals surface area contributed by atoms with Gasteiger partial charge in [0.1, 0.15) is 6.10 Å². The van der Waals surface area contributed by atoms with Gasteiger partial charge in [0.05, 0.1) is 0 Å². The van der Waals surface area contributed by atoms with Crippen molar-refractivity contribution < 1.29 is 9.53 Å². The molecule has 0 bridgehead atoms. The largest absolute Gasteiger partial charge is 0.370 e. The van der Waals surface area contributed by atoms with E-state index in [1.54, 1.807) is 0 Å². The Bertz CT molecular complexity index is 701. The molecule has 2 fully saturated rings. The van der Waals surface area contributed by atoms with Crippen LogP contribution in [0.1, 0.15) is 25.3 Å². The summed E-state index contributed by atoms with van der Waals surface area (Å²) in [6.07, 6.45) is 1.63. The summed E-state index contributed by atoms with van der Waals surface area (Å²) in [4.78, 5) is 23.5. The van der Waals surface area contributed by atoms with Gasteiger partial charge in [0, 0.05) is 65.2 Å². The van der Waals surface area contributed by atoms with Crippen molar-refractivity contribution in [1.82, 2.24) is 15.1 Å². The maximum absolute atomic E-state index is 12.5. The summed E-state index contributed by atoms with van der Waals surface area (Å²) in [6.45, 7) is 10.8. The molecule has 2 saturated heterocycles. The Labute approximate surface area is 197 Å². The van der Waals surface area contributed by atoms with Crippen LogP contribution in [0.5, 0.6) is 0 Å². The van der Waals surface area contributed by atoms with Crippen LogP contribution in [0.2, 0.25) is 0 Å². The number of aryl methyl sites for hydroxylation is 1. The van der Waals surface area contributed by atoms with Gasteiger partial charge in [-0.1, -0.05) is 12.1 Å². The fourth-order valence-electron chi connectivity index (χ4n) is 4.04. The molecule has 3 rings (SSSR count). The minimum absolute atomic E-state index is 0. The first-order valence-corrected chi connectivity index (χ1v) is 10.8. The molecule has 0 radical (unpaired) electrons. The average Bonchev–Trinajstić information content (AvgIpc) is 3.29. The predicted molar refractivity (Wildman–Crippen MR) is 133 cm³/mol. The third-order valence-electron chi connectivity index (χ3n) is 5.72. The monoisotopic (exact) mass is 529 g/mol. The Morgan fingerprint density at radius 1 is 1.27 bits per heavy atom. The van der Waals surface area contributed by atoms with Gasteiger partial charge in [-0.3, -0.25) is 9.79 Å². The number of benzene rings is 1. The Hall–Kier alpha value is -1.55. The first-order valence-electron chi connectivity index (χ1n) is 10.8. The number of hydrogen-bond acceptors (Lipinski definition) is 4. The fraction of sp³-hybridized carbons (Fsp3) is 0.636. The third kappa shape index (κ3) is 6.47. The number of piperazine rings is 1. The van der Waals surface area contributed by atoms with E-state index in [9.17, 15) is 4.79 Å². The van der Waals surface area contributed by atoms with Crippen molar-refractivity contribution in [3.05, 3.63) is 29.8 Å². The van der Waals surface area contributed by atoms with E-state index in [4.69, 9.17) is 4.74 Å². The molecule has 30 heavy (non-hydrogen) atoms. The van der Waals surface area contributed by atoms with Crippen molar-refractivity contribution in [2.24, 2.45) is 4.99 Å². The lowest BCUT2D eigenvalue weighted by atomic mass is 10.2. The number of aliphatic imine (C=N–C) groups is 1. The first kappa shape index (κ1) is 24.7. The molecule has 8 heteroatoms. The SMILES string of the molecule is CCN(CCNC(=NC)N1CCN(C(=O)C2CCCO2)CC1)c1cccc(C)c1.I. The van der Waals surface area contributed by atoms with Crippen LogP contribution in [-0.4, -0.2) is 87.2 Å². The molecule has 0 saturated carbocycles. The second kappa shape index (κ2) is 12.3. The van der Waals surface area contributed by atoms with Gasteiger partial charge in [-0.2, -0.15) is 0 Å². The molecule has 1 aromatic carbocycles. The van der Waals surface area contributed by atoms with Crippen LogP contribution in [0.3, 0.4) is 0 Å². The van der Waals surface area contributed by atoms with Gasteiger partial charge < -0.3 is 24.8 Å². The lowest BCUT2D eigenvalue weighted by molar-refractivity contribution is -0.142. The maximum atomic E-state index is 12.5. The van der Waals surface area contributed by atoms with Gasteiger partial charge in [-0.15, -0.1) is 24.0 Å². The molecule has 168 valence electrons. The van der Waals surface area contributed by atoms with Crippen LogP contribution < -0.4 is 10.2 Å². The molecule has 7 nitrogen and oxygen atoms in total. The predicted octanol–water partition coefficient (Wildman–Crippen LogP) is 2.34. The Kier molecular flexibility index (Phi) is 10.2. The van der Waals surface area contributed by atoms with E-state index in [1.807, 2.05) is 11.9 Å². The number of likely N-dealkylation sites (N-methyl/N-ethyl adjacent to an activating group) is 1. The van der Waals surface area contributed by atoms with Crippen LogP contribution in [-0.2, 0) is 9.53 Å². The number of carbonyl (C=O) groups is 1. The number of ether oxygens (including phenoxy) is 1. The van der Waals surface area contributed by atoms with E-state index in [2.05, 4.69) is 58.2 Å². The molecule has 2 aliphatic heterocycles. The van der Waals surface area contributed by atoms with Gasteiger partial charge in [0.2, 0.25) is 0 Å². The van der Waals surface area contributed by atoms with Crippen molar-refractivity contribution in [3.63, 3.8) is 0 Å². The number of guanidine groups is 1. The van der Waals surface area contributed by atoms with E-state index >= 15 is 0 Å². The van der Waals surface area contributed by atoms with E-state index in [0.717, 1.165) is 64.6 Å². The molecule has 1 amide bonds. The zero-order chi connectivity index (χ0) is 20.6. The summed E-state index contributed by atoms with van der Waals surface area (Å²) in [5, 5.41) is 3.49. The van der Waals surface area contributed by atoms with E-state index in [1.165, 1.54) is 11.3 Å². The van der Waals surface area contributed by atoms with Crippen molar-refractivity contribution in [2.75, 3.05) is 64.4 Å².